The number of hydrogen-bond donors (Lipinski definition) is 1. The summed E-state index contributed by atoms with van der Waals surface area (Å²) in [5, 5.41) is 0. The topological polar surface area (TPSA) is 35.2 Å². The fourth-order valence-corrected chi connectivity index (χ4v) is 2.94. The molecule has 0 bridgehead atoms. The molecule has 2 rings (SSSR count). The number of benzene rings is 1. The van der Waals surface area contributed by atoms with Crippen LogP contribution < -0.4 is 10.5 Å². The van der Waals surface area contributed by atoms with Crippen LogP contribution in [0.1, 0.15) is 12.5 Å². The Kier molecular flexibility index (Phi) is 4.13. The van der Waals surface area contributed by atoms with Crippen molar-refractivity contribution in [1.29, 1.82) is 0 Å². The molecule has 0 saturated carbocycles. The molecule has 1 aliphatic rings. The molecular formula is C13H19NOS. The van der Waals surface area contributed by atoms with E-state index in [0.717, 1.165) is 30.2 Å². The maximum absolute atomic E-state index is 5.87. The summed E-state index contributed by atoms with van der Waals surface area (Å²) >= 11 is 1.95. The largest absolute Gasteiger partial charge is 0.489 e. The lowest BCUT2D eigenvalue weighted by atomic mass is 10.1. The van der Waals surface area contributed by atoms with Crippen molar-refractivity contribution in [3.05, 3.63) is 29.8 Å². The minimum Gasteiger partial charge on any atom is -0.489 e. The van der Waals surface area contributed by atoms with Gasteiger partial charge in [0, 0.05) is 12.2 Å². The van der Waals surface area contributed by atoms with E-state index in [9.17, 15) is 0 Å². The number of para-hydroxylation sites is 1. The molecule has 0 fully saturated rings. The minimum atomic E-state index is 0.354. The molecule has 1 aromatic carbocycles. The Balaban J connectivity index is 1.75. The summed E-state index contributed by atoms with van der Waals surface area (Å²) in [5.41, 5.74) is 6.94. The number of fused-ring (bicyclic) bond motifs is 1. The molecule has 1 aromatic rings. The van der Waals surface area contributed by atoms with Crippen molar-refractivity contribution in [2.24, 2.45) is 11.7 Å². The zero-order valence-electron chi connectivity index (χ0n) is 9.69. The molecule has 0 aromatic heterocycles. The number of rotatable bonds is 5. The summed E-state index contributed by atoms with van der Waals surface area (Å²) in [5.74, 6) is 3.87. The summed E-state index contributed by atoms with van der Waals surface area (Å²) in [6.45, 7) is 2.97. The van der Waals surface area contributed by atoms with E-state index in [1.807, 2.05) is 17.8 Å². The predicted molar refractivity (Wildman–Crippen MR) is 70.1 cm³/mol. The molecule has 2 unspecified atom stereocenters. The van der Waals surface area contributed by atoms with Crippen LogP contribution in [0, 0.1) is 5.92 Å². The van der Waals surface area contributed by atoms with Crippen LogP contribution in [-0.4, -0.2) is 24.2 Å². The molecular weight excluding hydrogens is 218 g/mol. The molecule has 0 spiro atoms. The van der Waals surface area contributed by atoms with E-state index in [-0.39, 0.29) is 0 Å². The van der Waals surface area contributed by atoms with Crippen molar-refractivity contribution in [2.45, 2.75) is 19.4 Å². The Morgan fingerprint density at radius 3 is 3.06 bits per heavy atom. The average molecular weight is 237 g/mol. The third-order valence-corrected chi connectivity index (χ3v) is 4.23. The van der Waals surface area contributed by atoms with E-state index in [2.05, 4.69) is 25.1 Å². The van der Waals surface area contributed by atoms with E-state index in [4.69, 9.17) is 10.5 Å². The highest BCUT2D eigenvalue weighted by Crippen LogP contribution is 2.29. The molecule has 16 heavy (non-hydrogen) atoms. The van der Waals surface area contributed by atoms with Gasteiger partial charge >= 0.3 is 0 Å². The van der Waals surface area contributed by atoms with Gasteiger partial charge in [-0.05, 0) is 29.8 Å². The quantitative estimate of drug-likeness (QED) is 0.853. The Morgan fingerprint density at radius 1 is 1.50 bits per heavy atom. The standard InChI is InChI=1S/C13H19NOS/c1-10(7-14)8-16-9-12-6-11-4-2-3-5-13(11)15-12/h2-5,10,12H,6-9,14H2,1H3. The van der Waals surface area contributed by atoms with Gasteiger partial charge in [-0.15, -0.1) is 0 Å². The fraction of sp³-hybridized carbons (Fsp3) is 0.538. The summed E-state index contributed by atoms with van der Waals surface area (Å²) in [7, 11) is 0. The molecule has 0 saturated heterocycles. The molecule has 1 aliphatic heterocycles. The van der Waals surface area contributed by atoms with Crippen molar-refractivity contribution < 1.29 is 4.74 Å². The van der Waals surface area contributed by atoms with Gasteiger partial charge in [0.1, 0.15) is 11.9 Å². The lowest BCUT2D eigenvalue weighted by Crippen LogP contribution is -2.18. The lowest BCUT2D eigenvalue weighted by Gasteiger charge is -2.12. The number of nitrogens with two attached hydrogens (primary N) is 1. The minimum absolute atomic E-state index is 0.354. The molecule has 1 heterocycles. The second-order valence-electron chi connectivity index (χ2n) is 4.43. The number of ether oxygens (including phenoxy) is 1. The normalized spacial score (nSPS) is 20.2. The van der Waals surface area contributed by atoms with E-state index >= 15 is 0 Å². The Morgan fingerprint density at radius 2 is 2.31 bits per heavy atom. The average Bonchev–Trinajstić information content (AvgIpc) is 2.71. The number of hydrogen-bond acceptors (Lipinski definition) is 3. The molecule has 0 aliphatic carbocycles. The highest BCUT2D eigenvalue weighted by atomic mass is 32.2. The summed E-state index contributed by atoms with van der Waals surface area (Å²) in [6.07, 6.45) is 1.41. The van der Waals surface area contributed by atoms with Gasteiger partial charge in [-0.1, -0.05) is 25.1 Å². The Labute approximate surface area is 102 Å². The van der Waals surface area contributed by atoms with E-state index < -0.39 is 0 Å². The first-order chi connectivity index (χ1) is 7.79. The first-order valence-electron chi connectivity index (χ1n) is 5.82. The maximum Gasteiger partial charge on any atom is 0.123 e. The number of thioether (sulfide) groups is 1. The van der Waals surface area contributed by atoms with Crippen molar-refractivity contribution in [1.82, 2.24) is 0 Å². The molecule has 2 atom stereocenters. The van der Waals surface area contributed by atoms with Crippen molar-refractivity contribution >= 4 is 11.8 Å². The monoisotopic (exact) mass is 237 g/mol. The van der Waals surface area contributed by atoms with Gasteiger partial charge < -0.3 is 10.5 Å². The van der Waals surface area contributed by atoms with Crippen LogP contribution in [0.4, 0.5) is 0 Å². The molecule has 0 amide bonds. The van der Waals surface area contributed by atoms with Gasteiger partial charge in [-0.25, -0.2) is 0 Å². The first kappa shape index (κ1) is 11.8. The fourth-order valence-electron chi connectivity index (χ4n) is 1.82. The Bertz CT molecular complexity index is 317. The zero-order chi connectivity index (χ0) is 11.4. The zero-order valence-corrected chi connectivity index (χ0v) is 10.5. The van der Waals surface area contributed by atoms with Gasteiger partial charge in [-0.3, -0.25) is 0 Å². The van der Waals surface area contributed by atoms with Crippen LogP contribution in [0.3, 0.4) is 0 Å². The second kappa shape index (κ2) is 5.60. The first-order valence-corrected chi connectivity index (χ1v) is 6.97. The van der Waals surface area contributed by atoms with Crippen LogP contribution in [0.5, 0.6) is 5.75 Å². The van der Waals surface area contributed by atoms with Gasteiger partial charge in [0.05, 0.1) is 0 Å². The molecule has 88 valence electrons. The van der Waals surface area contributed by atoms with Gasteiger partial charge in [-0.2, -0.15) is 11.8 Å². The lowest BCUT2D eigenvalue weighted by molar-refractivity contribution is 0.259. The van der Waals surface area contributed by atoms with E-state index in [0.29, 0.717) is 12.0 Å². The molecule has 2 N–H and O–H groups in total. The third kappa shape index (κ3) is 2.92. The van der Waals surface area contributed by atoms with Crippen molar-refractivity contribution in [3.8, 4) is 5.75 Å². The highest BCUT2D eigenvalue weighted by molar-refractivity contribution is 7.99. The van der Waals surface area contributed by atoms with Crippen LogP contribution in [0.2, 0.25) is 0 Å². The van der Waals surface area contributed by atoms with Gasteiger partial charge in [0.15, 0.2) is 0 Å². The van der Waals surface area contributed by atoms with Crippen molar-refractivity contribution in [3.63, 3.8) is 0 Å². The van der Waals surface area contributed by atoms with E-state index in [1.165, 1.54) is 5.56 Å². The summed E-state index contributed by atoms with van der Waals surface area (Å²) in [4.78, 5) is 0. The smallest absolute Gasteiger partial charge is 0.123 e. The SMILES string of the molecule is CC(CN)CSCC1Cc2ccccc2O1. The maximum atomic E-state index is 5.87. The summed E-state index contributed by atoms with van der Waals surface area (Å²) < 4.78 is 5.87. The van der Waals surface area contributed by atoms with Crippen LogP contribution >= 0.6 is 11.8 Å². The van der Waals surface area contributed by atoms with Crippen molar-refractivity contribution in [2.75, 3.05) is 18.1 Å². The molecule has 3 heteroatoms. The van der Waals surface area contributed by atoms with E-state index in [1.54, 1.807) is 0 Å². The summed E-state index contributed by atoms with van der Waals surface area (Å²) in [6, 6.07) is 8.32. The highest BCUT2D eigenvalue weighted by Gasteiger charge is 2.21. The van der Waals surface area contributed by atoms with Crippen LogP contribution in [0.25, 0.3) is 0 Å². The second-order valence-corrected chi connectivity index (χ2v) is 5.50. The van der Waals surface area contributed by atoms with Crippen LogP contribution in [-0.2, 0) is 6.42 Å². The van der Waals surface area contributed by atoms with Gasteiger partial charge in [0.2, 0.25) is 0 Å². The third-order valence-electron chi connectivity index (χ3n) is 2.82. The van der Waals surface area contributed by atoms with Gasteiger partial charge in [0.25, 0.3) is 0 Å². The van der Waals surface area contributed by atoms with Crippen LogP contribution in [0.15, 0.2) is 24.3 Å². The molecule has 0 radical (unpaired) electrons. The Hall–Kier alpha value is -0.670. The predicted octanol–water partition coefficient (Wildman–Crippen LogP) is 2.32. The molecule has 2 nitrogen and oxygen atoms in total.